The SMILES string of the molecule is C1=CC2=C(CC1)C1(c3ccccc32)c2ccccc2-c2c(N(c3ccc(Oc4ccc(-c5nc(-c6ccccc6)nc(-c6ccccc6)n5)cc4)cc3)c3ccc(-c4ccccc4)cc3)cccc21. The highest BCUT2D eigenvalue weighted by atomic mass is 16.5. The minimum atomic E-state index is -0.368. The predicted octanol–water partition coefficient (Wildman–Crippen LogP) is 16.2. The van der Waals surface area contributed by atoms with Crippen LogP contribution in [0.15, 0.2) is 248 Å². The fourth-order valence-corrected chi connectivity index (χ4v) is 10.9. The molecule has 0 saturated heterocycles. The third-order valence-electron chi connectivity index (χ3n) is 13.9. The zero-order valence-corrected chi connectivity index (χ0v) is 37.7. The van der Waals surface area contributed by atoms with E-state index in [-0.39, 0.29) is 5.41 Å². The maximum atomic E-state index is 6.55. The maximum absolute atomic E-state index is 6.55. The first-order valence-corrected chi connectivity index (χ1v) is 23.6. The van der Waals surface area contributed by atoms with Gasteiger partial charge in [0.25, 0.3) is 0 Å². The second-order valence-corrected chi connectivity index (χ2v) is 17.8. The Morgan fingerprint density at radius 2 is 0.841 bits per heavy atom. The molecule has 5 heteroatoms. The van der Waals surface area contributed by atoms with E-state index in [1.807, 2.05) is 84.9 Å². The van der Waals surface area contributed by atoms with Gasteiger partial charge in [-0.05, 0) is 130 Å². The highest BCUT2D eigenvalue weighted by Gasteiger charge is 2.53. The molecule has 0 fully saturated rings. The van der Waals surface area contributed by atoms with E-state index in [0.29, 0.717) is 23.2 Å². The van der Waals surface area contributed by atoms with Gasteiger partial charge in [0, 0.05) is 33.6 Å². The smallest absolute Gasteiger partial charge is 0.164 e. The summed E-state index contributed by atoms with van der Waals surface area (Å²) in [6.07, 6.45) is 6.77. The maximum Gasteiger partial charge on any atom is 0.164 e. The van der Waals surface area contributed by atoms with Crippen LogP contribution < -0.4 is 9.64 Å². The summed E-state index contributed by atoms with van der Waals surface area (Å²) < 4.78 is 6.55. The van der Waals surface area contributed by atoms with Crippen molar-refractivity contribution in [2.75, 3.05) is 4.90 Å². The summed E-state index contributed by atoms with van der Waals surface area (Å²) in [5.41, 5.74) is 18.8. The number of nitrogens with zero attached hydrogens (tertiary/aromatic N) is 4. The lowest BCUT2D eigenvalue weighted by Gasteiger charge is -2.34. The summed E-state index contributed by atoms with van der Waals surface area (Å²) in [4.78, 5) is 17.1. The highest BCUT2D eigenvalue weighted by Crippen LogP contribution is 2.65. The number of ether oxygens (including phenoxy) is 1. The molecule has 1 unspecified atom stereocenters. The van der Waals surface area contributed by atoms with Crippen LogP contribution >= 0.6 is 0 Å². The van der Waals surface area contributed by atoms with Crippen molar-refractivity contribution < 1.29 is 4.74 Å². The van der Waals surface area contributed by atoms with E-state index >= 15 is 0 Å². The molecule has 1 aromatic heterocycles. The topological polar surface area (TPSA) is 51.1 Å². The van der Waals surface area contributed by atoms with Crippen LogP contribution in [0.4, 0.5) is 17.1 Å². The Bertz CT molecular complexity index is 3550. The molecular formula is C64H44N4O. The van der Waals surface area contributed by atoms with Crippen LogP contribution in [0.2, 0.25) is 0 Å². The van der Waals surface area contributed by atoms with Gasteiger partial charge in [0.05, 0.1) is 11.1 Å². The van der Waals surface area contributed by atoms with E-state index in [1.54, 1.807) is 0 Å². The van der Waals surface area contributed by atoms with Crippen molar-refractivity contribution in [3.05, 3.63) is 271 Å². The van der Waals surface area contributed by atoms with Crippen LogP contribution in [-0.4, -0.2) is 15.0 Å². The molecule has 0 amide bonds. The van der Waals surface area contributed by atoms with Gasteiger partial charge in [-0.1, -0.05) is 176 Å². The van der Waals surface area contributed by atoms with Crippen molar-refractivity contribution >= 4 is 22.6 Å². The number of hydrogen-bond acceptors (Lipinski definition) is 5. The number of allylic oxidation sites excluding steroid dienone is 4. The Morgan fingerprint density at radius 3 is 1.45 bits per heavy atom. The summed E-state index contributed by atoms with van der Waals surface area (Å²) in [5, 5.41) is 0. The number of benzene rings is 9. The lowest BCUT2D eigenvalue weighted by atomic mass is 9.68. The lowest BCUT2D eigenvalue weighted by molar-refractivity contribution is 0.483. The monoisotopic (exact) mass is 884 g/mol. The van der Waals surface area contributed by atoms with E-state index in [0.717, 1.165) is 52.3 Å². The first kappa shape index (κ1) is 40.4. The molecule has 1 spiro atoms. The van der Waals surface area contributed by atoms with E-state index in [4.69, 9.17) is 19.7 Å². The molecule has 0 saturated carbocycles. The summed E-state index contributed by atoms with van der Waals surface area (Å²) in [7, 11) is 0. The van der Waals surface area contributed by atoms with Crippen LogP contribution in [0, 0.1) is 0 Å². The zero-order chi connectivity index (χ0) is 45.7. The van der Waals surface area contributed by atoms with Gasteiger partial charge in [0.1, 0.15) is 11.5 Å². The van der Waals surface area contributed by atoms with E-state index in [1.165, 1.54) is 55.7 Å². The van der Waals surface area contributed by atoms with Gasteiger partial charge in [-0.25, -0.2) is 15.0 Å². The molecule has 3 aliphatic carbocycles. The zero-order valence-electron chi connectivity index (χ0n) is 37.7. The van der Waals surface area contributed by atoms with E-state index < -0.39 is 0 Å². The van der Waals surface area contributed by atoms with Crippen molar-refractivity contribution in [3.8, 4) is 67.9 Å². The van der Waals surface area contributed by atoms with Crippen molar-refractivity contribution in [1.29, 1.82) is 0 Å². The number of aromatic nitrogens is 3. The number of rotatable bonds is 9. The van der Waals surface area contributed by atoms with Gasteiger partial charge in [0.2, 0.25) is 0 Å². The molecule has 9 aromatic carbocycles. The standard InChI is InChI=1S/C64H44N4O/c1-4-17-43(18-5-1)44-31-35-48(36-32-44)68(59-30-16-29-58-60(59)54-25-12-15-28-57(54)64(58)55-26-13-10-23-52(55)53-24-11-14-27-56(53)64)49-37-41-51(42-38-49)69-50-39-33-47(34-40-50)63-66-61(45-19-6-2-7-20-45)65-62(67-63)46-21-8-3-9-22-46/h1-13,15-26,28-42H,14,27H2. The van der Waals surface area contributed by atoms with Gasteiger partial charge in [0.15, 0.2) is 17.5 Å². The third-order valence-corrected chi connectivity index (χ3v) is 13.9. The Labute approximate surface area is 402 Å². The number of hydrogen-bond donors (Lipinski definition) is 0. The first-order chi connectivity index (χ1) is 34.2. The second kappa shape index (κ2) is 16.7. The van der Waals surface area contributed by atoms with Crippen LogP contribution in [-0.2, 0) is 5.41 Å². The van der Waals surface area contributed by atoms with E-state index in [2.05, 4.69) is 163 Å². The molecule has 69 heavy (non-hydrogen) atoms. The molecule has 13 rings (SSSR count). The Hall–Kier alpha value is -8.93. The summed E-state index contributed by atoms with van der Waals surface area (Å²) in [6, 6.07) is 81.2. The predicted molar refractivity (Wildman–Crippen MR) is 280 cm³/mol. The van der Waals surface area contributed by atoms with Crippen LogP contribution in [0.25, 0.3) is 62.0 Å². The second-order valence-electron chi connectivity index (χ2n) is 17.8. The molecule has 0 radical (unpaired) electrons. The first-order valence-electron chi connectivity index (χ1n) is 23.6. The lowest BCUT2D eigenvalue weighted by Crippen LogP contribution is -2.27. The molecule has 0 bridgehead atoms. The van der Waals surface area contributed by atoms with Crippen LogP contribution in [0.1, 0.15) is 35.1 Å². The van der Waals surface area contributed by atoms with Gasteiger partial charge >= 0.3 is 0 Å². The minimum Gasteiger partial charge on any atom is -0.457 e. The Morgan fingerprint density at radius 1 is 0.391 bits per heavy atom. The molecule has 0 N–H and O–H groups in total. The summed E-state index contributed by atoms with van der Waals surface area (Å²) in [6.45, 7) is 0. The normalized spacial score (nSPS) is 15.1. The van der Waals surface area contributed by atoms with Crippen LogP contribution in [0.3, 0.4) is 0 Å². The van der Waals surface area contributed by atoms with E-state index in [9.17, 15) is 0 Å². The number of fused-ring (bicyclic) bond motifs is 9. The molecule has 3 aliphatic rings. The quantitative estimate of drug-likeness (QED) is 0.145. The average Bonchev–Trinajstić information content (AvgIpc) is 3.90. The molecule has 5 nitrogen and oxygen atoms in total. The Balaban J connectivity index is 0.879. The molecule has 10 aromatic rings. The minimum absolute atomic E-state index is 0.368. The van der Waals surface area contributed by atoms with Gasteiger partial charge in [-0.2, -0.15) is 0 Å². The van der Waals surface area contributed by atoms with Crippen molar-refractivity contribution in [2.45, 2.75) is 18.3 Å². The molecule has 0 aliphatic heterocycles. The van der Waals surface area contributed by atoms with Crippen molar-refractivity contribution in [3.63, 3.8) is 0 Å². The fraction of sp³-hybridized carbons (Fsp3) is 0.0469. The third kappa shape index (κ3) is 6.81. The van der Waals surface area contributed by atoms with Gasteiger partial charge < -0.3 is 9.64 Å². The van der Waals surface area contributed by atoms with Crippen LogP contribution in [0.5, 0.6) is 11.5 Å². The number of anilines is 3. The molecule has 326 valence electrons. The highest BCUT2D eigenvalue weighted by molar-refractivity contribution is 6.02. The van der Waals surface area contributed by atoms with Crippen molar-refractivity contribution in [2.24, 2.45) is 0 Å². The largest absolute Gasteiger partial charge is 0.457 e. The molecular weight excluding hydrogens is 841 g/mol. The average molecular weight is 885 g/mol. The fourth-order valence-electron chi connectivity index (χ4n) is 10.9. The summed E-state index contributed by atoms with van der Waals surface area (Å²) in [5.74, 6) is 3.30. The summed E-state index contributed by atoms with van der Waals surface area (Å²) >= 11 is 0. The van der Waals surface area contributed by atoms with Crippen molar-refractivity contribution in [1.82, 2.24) is 15.0 Å². The molecule has 1 atom stereocenters. The van der Waals surface area contributed by atoms with Gasteiger partial charge in [-0.15, -0.1) is 0 Å². The Kier molecular flexibility index (Phi) is 9.79. The van der Waals surface area contributed by atoms with Gasteiger partial charge in [-0.3, -0.25) is 0 Å². The molecule has 1 heterocycles.